The van der Waals surface area contributed by atoms with E-state index >= 15 is 0 Å². The predicted molar refractivity (Wildman–Crippen MR) is 107 cm³/mol. The highest BCUT2D eigenvalue weighted by Gasteiger charge is 2.32. The van der Waals surface area contributed by atoms with Crippen LogP contribution < -0.4 is 5.73 Å². The van der Waals surface area contributed by atoms with Crippen molar-refractivity contribution in [1.82, 2.24) is 34.7 Å². The molecule has 0 bridgehead atoms. The second-order valence-corrected chi connectivity index (χ2v) is 7.36. The number of nitrogens with one attached hydrogen (secondary N) is 1. The fourth-order valence-electron chi connectivity index (χ4n) is 3.92. The lowest BCUT2D eigenvalue weighted by Gasteiger charge is -2.16. The minimum Gasteiger partial charge on any atom is -0.384 e. The van der Waals surface area contributed by atoms with Gasteiger partial charge < -0.3 is 10.6 Å². The van der Waals surface area contributed by atoms with Crippen molar-refractivity contribution in [2.75, 3.05) is 18.8 Å². The van der Waals surface area contributed by atoms with E-state index in [2.05, 4.69) is 25.3 Å². The van der Waals surface area contributed by atoms with Gasteiger partial charge >= 0.3 is 0 Å². The minimum absolute atomic E-state index is 0.0481. The number of hydrogen-bond donors (Lipinski definition) is 2. The molecule has 9 nitrogen and oxygen atoms in total. The summed E-state index contributed by atoms with van der Waals surface area (Å²) in [4.78, 5) is 23.4. The van der Waals surface area contributed by atoms with E-state index in [4.69, 9.17) is 5.73 Å². The quantitative estimate of drug-likeness (QED) is 0.554. The molecule has 0 aliphatic carbocycles. The number of pyridine rings is 1. The van der Waals surface area contributed by atoms with Gasteiger partial charge in [0.1, 0.15) is 11.4 Å². The van der Waals surface area contributed by atoms with Crippen LogP contribution in [0.25, 0.3) is 16.8 Å². The Kier molecular flexibility index (Phi) is 4.01. The van der Waals surface area contributed by atoms with Gasteiger partial charge in [-0.25, -0.2) is 14.5 Å². The van der Waals surface area contributed by atoms with Gasteiger partial charge in [0, 0.05) is 48.9 Å². The van der Waals surface area contributed by atoms with Gasteiger partial charge in [-0.2, -0.15) is 10.2 Å². The second-order valence-electron chi connectivity index (χ2n) is 7.36. The van der Waals surface area contributed by atoms with Crippen LogP contribution in [0.1, 0.15) is 34.0 Å². The van der Waals surface area contributed by atoms with Gasteiger partial charge in [0.25, 0.3) is 5.91 Å². The molecule has 5 heterocycles. The van der Waals surface area contributed by atoms with E-state index in [-0.39, 0.29) is 11.8 Å². The topological polar surface area (TPSA) is 118 Å². The maximum Gasteiger partial charge on any atom is 0.259 e. The van der Waals surface area contributed by atoms with Crippen molar-refractivity contribution in [2.24, 2.45) is 0 Å². The molecular weight excluding hydrogens is 368 g/mol. The van der Waals surface area contributed by atoms with Crippen LogP contribution >= 0.6 is 0 Å². The van der Waals surface area contributed by atoms with Crippen molar-refractivity contribution in [3.8, 4) is 11.1 Å². The summed E-state index contributed by atoms with van der Waals surface area (Å²) in [6.07, 6.45) is 9.55. The lowest BCUT2D eigenvalue weighted by Crippen LogP contribution is -2.28. The summed E-state index contributed by atoms with van der Waals surface area (Å²) in [5, 5.41) is 11.6. The number of aromatic amines is 1. The first-order valence-corrected chi connectivity index (χ1v) is 9.44. The molecule has 1 aliphatic heterocycles. The van der Waals surface area contributed by atoms with Crippen LogP contribution in [0.2, 0.25) is 0 Å². The molecule has 5 rings (SSSR count). The Bertz CT molecular complexity index is 1210. The Labute approximate surface area is 166 Å². The number of nitrogens with two attached hydrogens (primary N) is 1. The molecule has 146 valence electrons. The van der Waals surface area contributed by atoms with Crippen LogP contribution in [0, 0.1) is 6.92 Å². The first kappa shape index (κ1) is 17.4. The zero-order valence-corrected chi connectivity index (χ0v) is 15.9. The monoisotopic (exact) mass is 388 g/mol. The van der Waals surface area contributed by atoms with Crippen molar-refractivity contribution in [1.29, 1.82) is 0 Å². The number of aromatic nitrogens is 6. The van der Waals surface area contributed by atoms with Crippen molar-refractivity contribution >= 4 is 17.4 Å². The summed E-state index contributed by atoms with van der Waals surface area (Å²) in [5.41, 5.74) is 10.9. The van der Waals surface area contributed by atoms with E-state index in [1.807, 2.05) is 30.2 Å². The van der Waals surface area contributed by atoms with Crippen molar-refractivity contribution in [3.63, 3.8) is 0 Å². The zero-order valence-electron chi connectivity index (χ0n) is 15.9. The van der Waals surface area contributed by atoms with E-state index < -0.39 is 0 Å². The number of nitrogen functional groups attached to an aromatic ring is 1. The molecule has 4 aromatic heterocycles. The number of anilines is 1. The van der Waals surface area contributed by atoms with Gasteiger partial charge in [-0.3, -0.25) is 9.89 Å². The molecule has 1 aliphatic rings. The molecule has 0 spiro atoms. The van der Waals surface area contributed by atoms with Crippen molar-refractivity contribution in [3.05, 3.63) is 59.9 Å². The minimum atomic E-state index is -0.0481. The fourth-order valence-corrected chi connectivity index (χ4v) is 3.92. The van der Waals surface area contributed by atoms with Crippen LogP contribution in [0.5, 0.6) is 0 Å². The SMILES string of the molecule is Cc1cnc2c(C(=O)N3CCC(c4[nH]ncc4-c4ccnc(N)c4)C3)cnn2c1. The van der Waals surface area contributed by atoms with Gasteiger partial charge in [-0.05, 0) is 36.6 Å². The molecule has 3 N–H and O–H groups in total. The van der Waals surface area contributed by atoms with E-state index in [1.54, 1.807) is 29.3 Å². The Morgan fingerprint density at radius 2 is 2.17 bits per heavy atom. The van der Waals surface area contributed by atoms with Crippen LogP contribution in [0.3, 0.4) is 0 Å². The summed E-state index contributed by atoms with van der Waals surface area (Å²) in [7, 11) is 0. The predicted octanol–water partition coefficient (Wildman–Crippen LogP) is 2.03. The maximum atomic E-state index is 13.1. The van der Waals surface area contributed by atoms with Gasteiger partial charge in [0.2, 0.25) is 0 Å². The fraction of sp³-hybridized carbons (Fsp3) is 0.250. The average Bonchev–Trinajstić information content (AvgIpc) is 3.45. The molecule has 4 aromatic rings. The van der Waals surface area contributed by atoms with E-state index in [9.17, 15) is 4.79 Å². The molecule has 1 fully saturated rings. The average molecular weight is 388 g/mol. The number of aryl methyl sites for hydroxylation is 1. The van der Waals surface area contributed by atoms with E-state index in [1.165, 1.54) is 0 Å². The number of fused-ring (bicyclic) bond motifs is 1. The largest absolute Gasteiger partial charge is 0.384 e. The van der Waals surface area contributed by atoms with Crippen LogP contribution in [0.15, 0.2) is 43.1 Å². The highest BCUT2D eigenvalue weighted by molar-refractivity contribution is 5.99. The highest BCUT2D eigenvalue weighted by atomic mass is 16.2. The molecule has 1 saturated heterocycles. The smallest absolute Gasteiger partial charge is 0.259 e. The molecule has 9 heteroatoms. The van der Waals surface area contributed by atoms with Crippen molar-refractivity contribution in [2.45, 2.75) is 19.3 Å². The molecule has 0 aromatic carbocycles. The third-order valence-electron chi connectivity index (χ3n) is 5.36. The molecule has 1 unspecified atom stereocenters. The van der Waals surface area contributed by atoms with Gasteiger partial charge in [-0.15, -0.1) is 0 Å². The van der Waals surface area contributed by atoms with Crippen molar-refractivity contribution < 1.29 is 4.79 Å². The van der Waals surface area contributed by atoms with Crippen LogP contribution in [-0.4, -0.2) is 53.7 Å². The first-order chi connectivity index (χ1) is 14.1. The lowest BCUT2D eigenvalue weighted by molar-refractivity contribution is 0.0792. The third-order valence-corrected chi connectivity index (χ3v) is 5.36. The number of H-pyrrole nitrogens is 1. The van der Waals surface area contributed by atoms with E-state index in [0.29, 0.717) is 30.1 Å². The molecular formula is C20H20N8O. The number of rotatable bonds is 3. The summed E-state index contributed by atoms with van der Waals surface area (Å²) in [5.74, 6) is 0.588. The zero-order chi connectivity index (χ0) is 20.0. The molecule has 0 saturated carbocycles. The number of nitrogens with zero attached hydrogens (tertiary/aromatic N) is 6. The summed E-state index contributed by atoms with van der Waals surface area (Å²) >= 11 is 0. The third kappa shape index (κ3) is 3.00. The summed E-state index contributed by atoms with van der Waals surface area (Å²) in [6, 6.07) is 3.74. The Morgan fingerprint density at radius 1 is 1.28 bits per heavy atom. The van der Waals surface area contributed by atoms with E-state index in [0.717, 1.165) is 28.8 Å². The number of carbonyl (C=O) groups is 1. The standard InChI is InChI=1S/C20H20N8O/c1-12-7-23-19-16(9-25-28(19)10-12)20(29)27-5-3-14(11-27)18-15(8-24-26-18)13-2-4-22-17(21)6-13/h2,4,6-10,14H,3,5,11H2,1H3,(H2,21,22)(H,24,26). The first-order valence-electron chi connectivity index (χ1n) is 9.44. The number of hydrogen-bond acceptors (Lipinski definition) is 6. The number of likely N-dealkylation sites (tertiary alicyclic amines) is 1. The molecule has 1 atom stereocenters. The van der Waals surface area contributed by atoms with Crippen LogP contribution in [-0.2, 0) is 0 Å². The maximum absolute atomic E-state index is 13.1. The van der Waals surface area contributed by atoms with Gasteiger partial charge in [0.05, 0.1) is 12.4 Å². The van der Waals surface area contributed by atoms with Gasteiger partial charge in [-0.1, -0.05) is 0 Å². The second kappa shape index (κ2) is 6.69. The Morgan fingerprint density at radius 3 is 3.03 bits per heavy atom. The van der Waals surface area contributed by atoms with Gasteiger partial charge in [0.15, 0.2) is 5.65 Å². The van der Waals surface area contributed by atoms with Crippen LogP contribution in [0.4, 0.5) is 5.82 Å². The lowest BCUT2D eigenvalue weighted by atomic mass is 9.97. The highest BCUT2D eigenvalue weighted by Crippen LogP contribution is 2.34. The molecule has 29 heavy (non-hydrogen) atoms. The Hall–Kier alpha value is -3.75. The number of amides is 1. The molecule has 1 amide bonds. The number of carbonyl (C=O) groups excluding carboxylic acids is 1. The molecule has 0 radical (unpaired) electrons. The summed E-state index contributed by atoms with van der Waals surface area (Å²) < 4.78 is 1.65. The Balaban J connectivity index is 1.39. The normalized spacial score (nSPS) is 16.6. The summed E-state index contributed by atoms with van der Waals surface area (Å²) in [6.45, 7) is 3.22.